The minimum atomic E-state index is 0.00848. The second-order valence-corrected chi connectivity index (χ2v) is 11.4. The fraction of sp³-hybridized carbons (Fsp3) is 0.733. The summed E-state index contributed by atoms with van der Waals surface area (Å²) >= 11 is 0. The highest BCUT2D eigenvalue weighted by atomic mass is 16.5. The molecule has 1 saturated carbocycles. The Morgan fingerprint density at radius 3 is 2.50 bits per heavy atom. The van der Waals surface area contributed by atoms with Crippen molar-refractivity contribution in [1.29, 1.82) is 0 Å². The third kappa shape index (κ3) is 7.27. The van der Waals surface area contributed by atoms with Crippen LogP contribution < -0.4 is 10.1 Å². The number of ether oxygens (including phenoxy) is 3. The number of amides is 2. The molecule has 1 aromatic rings. The molecule has 0 bridgehead atoms. The first-order chi connectivity index (χ1) is 18.4. The van der Waals surface area contributed by atoms with Crippen LogP contribution in [0.1, 0.15) is 62.4 Å². The van der Waals surface area contributed by atoms with E-state index in [4.69, 9.17) is 14.2 Å². The molecule has 1 N–H and O–H groups in total. The monoisotopic (exact) mass is 529 g/mol. The molecule has 8 heteroatoms. The lowest BCUT2D eigenvalue weighted by Gasteiger charge is -2.34. The van der Waals surface area contributed by atoms with Gasteiger partial charge in [0.25, 0.3) is 5.91 Å². The van der Waals surface area contributed by atoms with E-state index in [2.05, 4.69) is 31.0 Å². The van der Waals surface area contributed by atoms with Gasteiger partial charge in [-0.25, -0.2) is 0 Å². The molecule has 0 radical (unpaired) electrons. The minimum absolute atomic E-state index is 0.00848. The van der Waals surface area contributed by atoms with Crippen molar-refractivity contribution in [2.75, 3.05) is 59.7 Å². The smallest absolute Gasteiger partial charge is 0.254 e. The van der Waals surface area contributed by atoms with Crippen molar-refractivity contribution in [3.8, 4) is 5.75 Å². The summed E-state index contributed by atoms with van der Waals surface area (Å²) in [6.45, 7) is 11.9. The highest BCUT2D eigenvalue weighted by molar-refractivity contribution is 5.95. The van der Waals surface area contributed by atoms with Gasteiger partial charge in [-0.2, -0.15) is 0 Å². The van der Waals surface area contributed by atoms with Crippen LogP contribution in [-0.2, 0) is 20.7 Å². The molecule has 2 aliphatic heterocycles. The summed E-state index contributed by atoms with van der Waals surface area (Å²) < 4.78 is 16.7. The number of hydrogen-bond acceptors (Lipinski definition) is 6. The Labute approximate surface area is 228 Å². The van der Waals surface area contributed by atoms with Crippen LogP contribution >= 0.6 is 0 Å². The summed E-state index contributed by atoms with van der Waals surface area (Å²) in [5.41, 5.74) is 1.77. The SMILES string of the molecule is CCc1ccc(C(=O)N(C[C@@H]2CNC[C@H]2CN(C(=O)C2CCOC2)C2CC2)C(C)C)cc1OCCCOC. The molecule has 0 spiro atoms. The van der Waals surface area contributed by atoms with E-state index in [1.165, 1.54) is 0 Å². The summed E-state index contributed by atoms with van der Waals surface area (Å²) in [6, 6.07) is 6.30. The number of carbonyl (C=O) groups is 2. The van der Waals surface area contributed by atoms with Crippen LogP contribution in [0.25, 0.3) is 0 Å². The van der Waals surface area contributed by atoms with E-state index < -0.39 is 0 Å². The van der Waals surface area contributed by atoms with Gasteiger partial charge in [0.2, 0.25) is 5.91 Å². The van der Waals surface area contributed by atoms with Crippen LogP contribution in [0.3, 0.4) is 0 Å². The number of carbonyl (C=O) groups excluding carboxylic acids is 2. The number of aryl methyl sites for hydroxylation is 1. The fourth-order valence-corrected chi connectivity index (χ4v) is 5.68. The molecule has 2 saturated heterocycles. The maximum Gasteiger partial charge on any atom is 0.254 e. The molecular formula is C30H47N3O5. The number of rotatable bonds is 14. The van der Waals surface area contributed by atoms with Gasteiger partial charge in [0, 0.05) is 70.6 Å². The second-order valence-electron chi connectivity index (χ2n) is 11.4. The van der Waals surface area contributed by atoms with Crippen molar-refractivity contribution in [1.82, 2.24) is 15.1 Å². The van der Waals surface area contributed by atoms with E-state index >= 15 is 0 Å². The third-order valence-corrected chi connectivity index (χ3v) is 8.22. The highest BCUT2D eigenvalue weighted by Gasteiger charge is 2.41. The second kappa shape index (κ2) is 13.8. The van der Waals surface area contributed by atoms with E-state index in [1.807, 2.05) is 23.1 Å². The van der Waals surface area contributed by atoms with Gasteiger partial charge in [0.15, 0.2) is 0 Å². The molecule has 38 heavy (non-hydrogen) atoms. The molecule has 1 aliphatic carbocycles. The van der Waals surface area contributed by atoms with Crippen LogP contribution in [0, 0.1) is 17.8 Å². The molecule has 4 rings (SSSR count). The molecule has 2 amide bonds. The molecule has 1 aromatic carbocycles. The van der Waals surface area contributed by atoms with Gasteiger partial charge in [0.05, 0.1) is 19.1 Å². The Kier molecular flexibility index (Phi) is 10.4. The van der Waals surface area contributed by atoms with Crippen molar-refractivity contribution >= 4 is 11.8 Å². The van der Waals surface area contributed by atoms with Crippen molar-refractivity contribution in [3.63, 3.8) is 0 Å². The molecule has 3 aliphatic rings. The first-order valence-electron chi connectivity index (χ1n) is 14.6. The Morgan fingerprint density at radius 1 is 1.11 bits per heavy atom. The average molecular weight is 530 g/mol. The lowest BCUT2D eigenvalue weighted by atomic mass is 9.93. The maximum atomic E-state index is 13.8. The number of benzene rings is 1. The van der Waals surface area contributed by atoms with Gasteiger partial charge >= 0.3 is 0 Å². The van der Waals surface area contributed by atoms with E-state index in [-0.39, 0.29) is 23.8 Å². The largest absolute Gasteiger partial charge is 0.493 e. The Hall–Kier alpha value is -2.16. The minimum Gasteiger partial charge on any atom is -0.493 e. The quantitative estimate of drug-likeness (QED) is 0.372. The highest BCUT2D eigenvalue weighted by Crippen LogP contribution is 2.33. The summed E-state index contributed by atoms with van der Waals surface area (Å²) in [6.07, 6.45) is 4.69. The standard InChI is InChI=1S/C30H47N3O5/c1-5-22-7-8-23(15-28(22)38-13-6-12-36-4)29(34)32(21(2)3)18-25-16-31-17-26(25)19-33(27-9-10-27)30(35)24-11-14-37-20-24/h7-8,15,21,24-27,31H,5-6,9-14,16-20H2,1-4H3/t24?,25-,26-/m0/s1. The lowest BCUT2D eigenvalue weighted by Crippen LogP contribution is -2.46. The van der Waals surface area contributed by atoms with E-state index in [0.717, 1.165) is 63.1 Å². The van der Waals surface area contributed by atoms with Crippen LogP contribution in [-0.4, -0.2) is 93.4 Å². The molecule has 3 fully saturated rings. The topological polar surface area (TPSA) is 80.3 Å². The number of nitrogens with zero attached hydrogens (tertiary/aromatic N) is 2. The van der Waals surface area contributed by atoms with Gasteiger partial charge in [-0.3, -0.25) is 9.59 Å². The van der Waals surface area contributed by atoms with Crippen LogP contribution in [0.2, 0.25) is 0 Å². The van der Waals surface area contributed by atoms with Crippen molar-refractivity contribution in [3.05, 3.63) is 29.3 Å². The Bertz CT molecular complexity index is 928. The van der Waals surface area contributed by atoms with Crippen LogP contribution in [0.5, 0.6) is 5.75 Å². The third-order valence-electron chi connectivity index (χ3n) is 8.22. The summed E-state index contributed by atoms with van der Waals surface area (Å²) in [5, 5.41) is 3.55. The van der Waals surface area contributed by atoms with Gasteiger partial charge in [-0.15, -0.1) is 0 Å². The molecule has 3 atom stereocenters. The molecule has 8 nitrogen and oxygen atoms in total. The summed E-state index contributed by atoms with van der Waals surface area (Å²) in [7, 11) is 1.69. The first kappa shape index (κ1) is 28.8. The number of hydrogen-bond donors (Lipinski definition) is 1. The van der Waals surface area contributed by atoms with E-state index in [1.54, 1.807) is 7.11 Å². The van der Waals surface area contributed by atoms with Gasteiger partial charge < -0.3 is 29.3 Å². The number of nitrogens with one attached hydrogen (secondary N) is 1. The molecule has 1 unspecified atom stereocenters. The zero-order valence-corrected chi connectivity index (χ0v) is 23.7. The van der Waals surface area contributed by atoms with Gasteiger partial charge in [-0.05, 0) is 69.1 Å². The van der Waals surface area contributed by atoms with Gasteiger partial charge in [0.1, 0.15) is 5.75 Å². The van der Waals surface area contributed by atoms with Crippen LogP contribution in [0.15, 0.2) is 18.2 Å². The van der Waals surface area contributed by atoms with Crippen molar-refractivity contribution in [2.45, 2.75) is 65.0 Å². The summed E-state index contributed by atoms with van der Waals surface area (Å²) in [5.74, 6) is 1.73. The Morgan fingerprint density at radius 2 is 1.87 bits per heavy atom. The van der Waals surface area contributed by atoms with Crippen molar-refractivity contribution < 1.29 is 23.8 Å². The fourth-order valence-electron chi connectivity index (χ4n) is 5.68. The molecule has 212 valence electrons. The van der Waals surface area contributed by atoms with E-state index in [0.29, 0.717) is 56.4 Å². The van der Waals surface area contributed by atoms with E-state index in [9.17, 15) is 9.59 Å². The van der Waals surface area contributed by atoms with Crippen LogP contribution in [0.4, 0.5) is 0 Å². The normalized spacial score (nSPS) is 23.1. The lowest BCUT2D eigenvalue weighted by molar-refractivity contribution is -0.136. The zero-order valence-electron chi connectivity index (χ0n) is 23.7. The average Bonchev–Trinajstić information content (AvgIpc) is 3.41. The Balaban J connectivity index is 1.43. The molecular weight excluding hydrogens is 482 g/mol. The predicted molar refractivity (Wildman–Crippen MR) is 147 cm³/mol. The zero-order chi connectivity index (χ0) is 27.1. The molecule has 0 aromatic heterocycles. The predicted octanol–water partition coefficient (Wildman–Crippen LogP) is 3.38. The maximum absolute atomic E-state index is 13.8. The summed E-state index contributed by atoms with van der Waals surface area (Å²) in [4.78, 5) is 31.2. The van der Waals surface area contributed by atoms with Crippen molar-refractivity contribution in [2.24, 2.45) is 17.8 Å². The molecule has 2 heterocycles. The van der Waals surface area contributed by atoms with Gasteiger partial charge in [-0.1, -0.05) is 13.0 Å². The first-order valence-corrected chi connectivity index (χ1v) is 14.6. The number of methoxy groups -OCH3 is 1.